The third kappa shape index (κ3) is 4.79. The summed E-state index contributed by atoms with van der Waals surface area (Å²) in [7, 11) is 1.64. The van der Waals surface area contributed by atoms with Gasteiger partial charge in [0.1, 0.15) is 11.3 Å². The third-order valence-corrected chi connectivity index (χ3v) is 4.42. The molecule has 3 aromatic heterocycles. The van der Waals surface area contributed by atoms with E-state index >= 15 is 0 Å². The molecule has 1 amide bonds. The number of carbonyl (C=O) groups excluding carboxylic acids is 1. The first-order valence-corrected chi connectivity index (χ1v) is 9.49. The van der Waals surface area contributed by atoms with E-state index in [-0.39, 0.29) is 12.3 Å². The molecule has 152 valence electrons. The summed E-state index contributed by atoms with van der Waals surface area (Å²) in [5.41, 5.74) is 3.01. The molecule has 0 fully saturated rings. The second-order valence-electron chi connectivity index (χ2n) is 6.64. The third-order valence-electron chi connectivity index (χ3n) is 4.42. The zero-order chi connectivity index (χ0) is 20.8. The lowest BCUT2D eigenvalue weighted by Gasteiger charge is -2.08. The molecule has 0 aliphatic heterocycles. The highest BCUT2D eigenvalue weighted by atomic mass is 16.5. The molecule has 0 unspecified atom stereocenters. The van der Waals surface area contributed by atoms with Crippen LogP contribution in [0.1, 0.15) is 5.56 Å². The van der Waals surface area contributed by atoms with E-state index in [1.807, 2.05) is 36.4 Å². The molecule has 0 radical (unpaired) electrons. The van der Waals surface area contributed by atoms with Gasteiger partial charge in [0.25, 0.3) is 0 Å². The quantitative estimate of drug-likeness (QED) is 0.485. The van der Waals surface area contributed by atoms with Gasteiger partial charge in [0.2, 0.25) is 5.91 Å². The molecule has 30 heavy (non-hydrogen) atoms. The van der Waals surface area contributed by atoms with Crippen LogP contribution in [-0.2, 0) is 22.5 Å². The Bertz CT molecular complexity index is 1140. The Kier molecular flexibility index (Phi) is 5.95. The number of rotatable bonds is 8. The number of fused-ring (bicyclic) bond motifs is 1. The first-order valence-electron chi connectivity index (χ1n) is 9.49. The highest BCUT2D eigenvalue weighted by Gasteiger charge is 2.08. The van der Waals surface area contributed by atoms with Crippen molar-refractivity contribution in [3.63, 3.8) is 0 Å². The Morgan fingerprint density at radius 1 is 1.10 bits per heavy atom. The summed E-state index contributed by atoms with van der Waals surface area (Å²) >= 11 is 0. The van der Waals surface area contributed by atoms with Gasteiger partial charge >= 0.3 is 0 Å². The predicted molar refractivity (Wildman–Crippen MR) is 112 cm³/mol. The van der Waals surface area contributed by atoms with E-state index < -0.39 is 0 Å². The van der Waals surface area contributed by atoms with Crippen molar-refractivity contribution in [3.05, 3.63) is 72.8 Å². The maximum Gasteiger partial charge on any atom is 0.228 e. The smallest absolute Gasteiger partial charge is 0.228 e. The van der Waals surface area contributed by atoms with Gasteiger partial charge in [-0.25, -0.2) is 0 Å². The van der Waals surface area contributed by atoms with Gasteiger partial charge in [0, 0.05) is 31.8 Å². The van der Waals surface area contributed by atoms with E-state index in [2.05, 4.69) is 20.4 Å². The number of anilines is 1. The topological polar surface area (TPSA) is 91.2 Å². The van der Waals surface area contributed by atoms with Crippen molar-refractivity contribution in [1.29, 1.82) is 0 Å². The van der Waals surface area contributed by atoms with Crippen LogP contribution in [0.4, 0.5) is 5.69 Å². The Labute approximate surface area is 173 Å². The van der Waals surface area contributed by atoms with Crippen LogP contribution in [0.5, 0.6) is 11.5 Å². The Morgan fingerprint density at radius 3 is 2.80 bits per heavy atom. The SMILES string of the molecule is COCCn1cc(NC(=O)Cc2ccc(Oc3ccnc4cccnc34)cc2)cn1. The number of benzene rings is 1. The molecule has 4 aromatic rings. The second kappa shape index (κ2) is 9.15. The summed E-state index contributed by atoms with van der Waals surface area (Å²) in [5.74, 6) is 1.19. The summed E-state index contributed by atoms with van der Waals surface area (Å²) in [5, 5.41) is 7.03. The van der Waals surface area contributed by atoms with Gasteiger partial charge in [0.15, 0.2) is 5.75 Å². The number of pyridine rings is 2. The van der Waals surface area contributed by atoms with Gasteiger partial charge in [-0.15, -0.1) is 0 Å². The van der Waals surface area contributed by atoms with E-state index in [1.54, 1.807) is 42.6 Å². The maximum atomic E-state index is 12.3. The standard InChI is InChI=1S/C22H21N5O3/c1-29-12-11-27-15-17(14-25-27)26-21(28)13-16-4-6-18(7-5-16)30-20-8-10-23-19-3-2-9-24-22(19)20/h2-10,14-15H,11-13H2,1H3,(H,26,28). The van der Waals surface area contributed by atoms with Gasteiger partial charge in [0.05, 0.1) is 37.0 Å². The number of carbonyl (C=O) groups is 1. The van der Waals surface area contributed by atoms with E-state index in [9.17, 15) is 4.79 Å². The zero-order valence-electron chi connectivity index (χ0n) is 16.5. The van der Waals surface area contributed by atoms with Crippen molar-refractivity contribution < 1.29 is 14.3 Å². The summed E-state index contributed by atoms with van der Waals surface area (Å²) in [6.45, 7) is 1.20. The second-order valence-corrected chi connectivity index (χ2v) is 6.64. The van der Waals surface area contributed by atoms with Crippen molar-refractivity contribution in [3.8, 4) is 11.5 Å². The maximum absolute atomic E-state index is 12.3. The lowest BCUT2D eigenvalue weighted by atomic mass is 10.1. The molecule has 0 bridgehead atoms. The van der Waals surface area contributed by atoms with Gasteiger partial charge in [-0.1, -0.05) is 12.1 Å². The zero-order valence-corrected chi connectivity index (χ0v) is 16.5. The number of nitrogens with zero attached hydrogens (tertiary/aromatic N) is 4. The lowest BCUT2D eigenvalue weighted by molar-refractivity contribution is -0.115. The van der Waals surface area contributed by atoms with Crippen LogP contribution in [0.2, 0.25) is 0 Å². The monoisotopic (exact) mass is 403 g/mol. The van der Waals surface area contributed by atoms with E-state index in [0.29, 0.717) is 35.9 Å². The molecule has 0 aliphatic rings. The Morgan fingerprint density at radius 2 is 1.97 bits per heavy atom. The predicted octanol–water partition coefficient (Wildman–Crippen LogP) is 3.45. The fourth-order valence-corrected chi connectivity index (χ4v) is 2.97. The van der Waals surface area contributed by atoms with Gasteiger partial charge < -0.3 is 14.8 Å². The number of amides is 1. The van der Waals surface area contributed by atoms with E-state index in [4.69, 9.17) is 9.47 Å². The molecule has 0 saturated carbocycles. The average Bonchev–Trinajstić information content (AvgIpc) is 3.21. The van der Waals surface area contributed by atoms with Crippen molar-refractivity contribution in [1.82, 2.24) is 19.7 Å². The molecule has 4 rings (SSSR count). The fraction of sp³-hybridized carbons (Fsp3) is 0.182. The fourth-order valence-electron chi connectivity index (χ4n) is 2.97. The number of aromatic nitrogens is 4. The van der Waals surface area contributed by atoms with Gasteiger partial charge in [-0.05, 0) is 29.8 Å². The summed E-state index contributed by atoms with van der Waals surface area (Å²) in [4.78, 5) is 20.9. The van der Waals surface area contributed by atoms with Crippen LogP contribution < -0.4 is 10.1 Å². The Balaban J connectivity index is 1.36. The largest absolute Gasteiger partial charge is 0.455 e. The van der Waals surface area contributed by atoms with Crippen LogP contribution in [0.25, 0.3) is 11.0 Å². The summed E-state index contributed by atoms with van der Waals surface area (Å²) in [6, 6.07) is 12.9. The lowest BCUT2D eigenvalue weighted by Crippen LogP contribution is -2.14. The molecule has 0 aliphatic carbocycles. The summed E-state index contributed by atoms with van der Waals surface area (Å²) in [6.07, 6.45) is 7.05. The molecular weight excluding hydrogens is 382 g/mol. The van der Waals surface area contributed by atoms with E-state index in [1.165, 1.54) is 0 Å². The first-order chi connectivity index (χ1) is 14.7. The van der Waals surface area contributed by atoms with Crippen molar-refractivity contribution in [2.75, 3.05) is 19.0 Å². The molecule has 1 N–H and O–H groups in total. The van der Waals surface area contributed by atoms with Crippen LogP contribution in [0, 0.1) is 0 Å². The van der Waals surface area contributed by atoms with Crippen molar-refractivity contribution in [2.24, 2.45) is 0 Å². The minimum atomic E-state index is -0.112. The normalized spacial score (nSPS) is 10.8. The number of ether oxygens (including phenoxy) is 2. The molecule has 1 aromatic carbocycles. The van der Waals surface area contributed by atoms with Gasteiger partial charge in [-0.3, -0.25) is 19.4 Å². The van der Waals surface area contributed by atoms with E-state index in [0.717, 1.165) is 11.1 Å². The summed E-state index contributed by atoms with van der Waals surface area (Å²) < 4.78 is 12.7. The molecule has 0 spiro atoms. The molecule has 8 heteroatoms. The molecule has 3 heterocycles. The highest BCUT2D eigenvalue weighted by Crippen LogP contribution is 2.27. The average molecular weight is 403 g/mol. The van der Waals surface area contributed by atoms with Crippen molar-refractivity contribution in [2.45, 2.75) is 13.0 Å². The van der Waals surface area contributed by atoms with Crippen LogP contribution in [0.3, 0.4) is 0 Å². The number of hydrogen-bond acceptors (Lipinski definition) is 6. The highest BCUT2D eigenvalue weighted by molar-refractivity contribution is 5.92. The van der Waals surface area contributed by atoms with Crippen molar-refractivity contribution >= 4 is 22.6 Å². The van der Waals surface area contributed by atoms with Crippen LogP contribution >= 0.6 is 0 Å². The minimum Gasteiger partial charge on any atom is -0.455 e. The first kappa shape index (κ1) is 19.5. The molecule has 8 nitrogen and oxygen atoms in total. The molecular formula is C22H21N5O3. The van der Waals surface area contributed by atoms with Gasteiger partial charge in [-0.2, -0.15) is 5.10 Å². The van der Waals surface area contributed by atoms with Crippen LogP contribution in [-0.4, -0.2) is 39.4 Å². The minimum absolute atomic E-state index is 0.112. The molecule has 0 saturated heterocycles. The number of methoxy groups -OCH3 is 1. The Hall–Kier alpha value is -3.78. The van der Waals surface area contributed by atoms with Crippen LogP contribution in [0.15, 0.2) is 67.3 Å². The number of nitrogens with one attached hydrogen (secondary N) is 1. The number of hydrogen-bond donors (Lipinski definition) is 1. The molecule has 0 atom stereocenters.